The summed E-state index contributed by atoms with van der Waals surface area (Å²) in [6.45, 7) is 1.61. The molecule has 1 aromatic carbocycles. The Morgan fingerprint density at radius 1 is 1.28 bits per heavy atom. The maximum atomic E-state index is 12.6. The second kappa shape index (κ2) is 6.70. The molecule has 1 aromatic rings. The Bertz CT molecular complexity index is 420. The van der Waals surface area contributed by atoms with E-state index in [1.165, 1.54) is 24.3 Å². The van der Waals surface area contributed by atoms with Gasteiger partial charge in [0, 0.05) is 18.3 Å². The summed E-state index contributed by atoms with van der Waals surface area (Å²) in [4.78, 5) is 22.9. The number of carbonyl (C=O) groups excluding carboxylic acids is 2. The van der Waals surface area contributed by atoms with Gasteiger partial charge in [-0.1, -0.05) is 0 Å². The lowest BCUT2D eigenvalue weighted by molar-refractivity contribution is -0.136. The van der Waals surface area contributed by atoms with Crippen LogP contribution in [0.15, 0.2) is 24.3 Å². The number of rotatable bonds is 4. The molecule has 5 nitrogen and oxygen atoms in total. The fourth-order valence-electron chi connectivity index (χ4n) is 1.28. The molecule has 18 heavy (non-hydrogen) atoms. The minimum absolute atomic E-state index is 0.0684. The first kappa shape index (κ1) is 14.1. The molecule has 6 heteroatoms. The summed E-state index contributed by atoms with van der Waals surface area (Å²) in [5.41, 5.74) is 0.339. The Labute approximate surface area is 104 Å². The molecule has 0 spiro atoms. The van der Waals surface area contributed by atoms with E-state index in [-0.39, 0.29) is 12.6 Å². The van der Waals surface area contributed by atoms with Gasteiger partial charge >= 0.3 is 11.8 Å². The SMILES string of the molecule is C[C@H](CCO)NC(=O)C(=O)Nc1ccc(F)cc1. The zero-order valence-corrected chi connectivity index (χ0v) is 9.94. The van der Waals surface area contributed by atoms with E-state index >= 15 is 0 Å². The molecule has 0 saturated heterocycles. The molecule has 0 fully saturated rings. The van der Waals surface area contributed by atoms with E-state index in [0.29, 0.717) is 12.1 Å². The van der Waals surface area contributed by atoms with E-state index in [0.717, 1.165) is 0 Å². The number of aliphatic hydroxyl groups excluding tert-OH is 1. The molecule has 0 unspecified atom stereocenters. The zero-order valence-electron chi connectivity index (χ0n) is 9.94. The van der Waals surface area contributed by atoms with Crippen LogP contribution in [0.5, 0.6) is 0 Å². The van der Waals surface area contributed by atoms with Crippen LogP contribution in [-0.4, -0.2) is 29.6 Å². The van der Waals surface area contributed by atoms with Crippen molar-refractivity contribution in [3.8, 4) is 0 Å². The average Bonchev–Trinajstić information content (AvgIpc) is 2.32. The predicted octanol–water partition coefficient (Wildman–Crippen LogP) is 0.651. The number of hydrogen-bond donors (Lipinski definition) is 3. The van der Waals surface area contributed by atoms with Crippen molar-refractivity contribution in [1.82, 2.24) is 5.32 Å². The van der Waals surface area contributed by atoms with Crippen molar-refractivity contribution in [3.63, 3.8) is 0 Å². The van der Waals surface area contributed by atoms with Gasteiger partial charge in [0.15, 0.2) is 0 Å². The lowest BCUT2D eigenvalue weighted by Crippen LogP contribution is -2.40. The van der Waals surface area contributed by atoms with Crippen LogP contribution >= 0.6 is 0 Å². The molecule has 1 atom stereocenters. The third kappa shape index (κ3) is 4.50. The van der Waals surface area contributed by atoms with Crippen LogP contribution in [0.4, 0.5) is 10.1 Å². The molecule has 0 saturated carbocycles. The Kier molecular flexibility index (Phi) is 5.26. The highest BCUT2D eigenvalue weighted by atomic mass is 19.1. The summed E-state index contributed by atoms with van der Waals surface area (Å²) in [6, 6.07) is 4.79. The highest BCUT2D eigenvalue weighted by Gasteiger charge is 2.15. The molecular weight excluding hydrogens is 239 g/mol. The van der Waals surface area contributed by atoms with Crippen LogP contribution in [0.1, 0.15) is 13.3 Å². The lowest BCUT2D eigenvalue weighted by atomic mass is 10.2. The van der Waals surface area contributed by atoms with Crippen molar-refractivity contribution in [3.05, 3.63) is 30.1 Å². The largest absolute Gasteiger partial charge is 0.396 e. The van der Waals surface area contributed by atoms with Crippen LogP contribution in [-0.2, 0) is 9.59 Å². The molecule has 0 radical (unpaired) electrons. The quantitative estimate of drug-likeness (QED) is 0.690. The van der Waals surface area contributed by atoms with Crippen molar-refractivity contribution >= 4 is 17.5 Å². The third-order valence-electron chi connectivity index (χ3n) is 2.25. The lowest BCUT2D eigenvalue weighted by Gasteiger charge is -2.12. The Morgan fingerprint density at radius 2 is 1.89 bits per heavy atom. The summed E-state index contributed by atoms with van der Waals surface area (Å²) < 4.78 is 12.6. The summed E-state index contributed by atoms with van der Waals surface area (Å²) in [6.07, 6.45) is 0.371. The highest BCUT2D eigenvalue weighted by Crippen LogP contribution is 2.07. The van der Waals surface area contributed by atoms with Crippen molar-refractivity contribution in [1.29, 1.82) is 0 Å². The summed E-state index contributed by atoms with van der Waals surface area (Å²) in [7, 11) is 0. The van der Waals surface area contributed by atoms with Crippen LogP contribution in [0, 0.1) is 5.82 Å². The number of nitrogens with one attached hydrogen (secondary N) is 2. The zero-order chi connectivity index (χ0) is 13.5. The minimum Gasteiger partial charge on any atom is -0.396 e. The summed E-state index contributed by atoms with van der Waals surface area (Å²) in [5, 5.41) is 13.4. The molecule has 0 aliphatic carbocycles. The van der Waals surface area contributed by atoms with Crippen molar-refractivity contribution < 1.29 is 19.1 Å². The normalized spacial score (nSPS) is 11.7. The molecule has 1 rings (SSSR count). The highest BCUT2D eigenvalue weighted by molar-refractivity contribution is 6.39. The first-order chi connectivity index (χ1) is 8.52. The van der Waals surface area contributed by atoms with Crippen LogP contribution < -0.4 is 10.6 Å². The smallest absolute Gasteiger partial charge is 0.313 e. The predicted molar refractivity (Wildman–Crippen MR) is 64.3 cm³/mol. The number of amides is 2. The number of aliphatic hydroxyl groups is 1. The van der Waals surface area contributed by atoms with Gasteiger partial charge in [0.2, 0.25) is 0 Å². The van der Waals surface area contributed by atoms with E-state index in [1.54, 1.807) is 6.92 Å². The van der Waals surface area contributed by atoms with Gasteiger partial charge in [-0.25, -0.2) is 4.39 Å². The second-order valence-corrected chi connectivity index (χ2v) is 3.85. The van der Waals surface area contributed by atoms with Gasteiger partial charge in [-0.15, -0.1) is 0 Å². The topological polar surface area (TPSA) is 78.4 Å². The first-order valence-corrected chi connectivity index (χ1v) is 5.51. The number of hydrogen-bond acceptors (Lipinski definition) is 3. The van der Waals surface area contributed by atoms with Gasteiger partial charge < -0.3 is 15.7 Å². The molecule has 0 bridgehead atoms. The van der Waals surface area contributed by atoms with E-state index < -0.39 is 17.6 Å². The molecule has 0 aromatic heterocycles. The molecule has 0 aliphatic rings. The van der Waals surface area contributed by atoms with Gasteiger partial charge in [-0.2, -0.15) is 0 Å². The molecule has 98 valence electrons. The van der Waals surface area contributed by atoms with Crippen molar-refractivity contribution in [2.45, 2.75) is 19.4 Å². The third-order valence-corrected chi connectivity index (χ3v) is 2.25. The summed E-state index contributed by atoms with van der Waals surface area (Å²) >= 11 is 0. The van der Waals surface area contributed by atoms with Crippen molar-refractivity contribution in [2.24, 2.45) is 0 Å². The standard InChI is InChI=1S/C12H15FN2O3/c1-8(6-7-16)14-11(17)12(18)15-10-4-2-9(13)3-5-10/h2-5,8,16H,6-7H2,1H3,(H,14,17)(H,15,18)/t8-/m1/s1. The monoisotopic (exact) mass is 254 g/mol. The Hall–Kier alpha value is -1.95. The van der Waals surface area contributed by atoms with E-state index in [9.17, 15) is 14.0 Å². The molecule has 0 aliphatic heterocycles. The van der Waals surface area contributed by atoms with Crippen LogP contribution in [0.25, 0.3) is 0 Å². The van der Waals surface area contributed by atoms with Gasteiger partial charge in [-0.05, 0) is 37.6 Å². The maximum Gasteiger partial charge on any atom is 0.313 e. The Morgan fingerprint density at radius 3 is 2.44 bits per heavy atom. The van der Waals surface area contributed by atoms with Gasteiger partial charge in [0.05, 0.1) is 0 Å². The number of anilines is 1. The number of halogens is 1. The first-order valence-electron chi connectivity index (χ1n) is 5.51. The van der Waals surface area contributed by atoms with E-state index in [2.05, 4.69) is 10.6 Å². The van der Waals surface area contributed by atoms with Crippen LogP contribution in [0.2, 0.25) is 0 Å². The van der Waals surface area contributed by atoms with Gasteiger partial charge in [-0.3, -0.25) is 9.59 Å². The van der Waals surface area contributed by atoms with E-state index in [1.807, 2.05) is 0 Å². The average molecular weight is 254 g/mol. The fourth-order valence-corrected chi connectivity index (χ4v) is 1.28. The fraction of sp³-hybridized carbons (Fsp3) is 0.333. The maximum absolute atomic E-state index is 12.6. The van der Waals surface area contributed by atoms with Gasteiger partial charge in [0.25, 0.3) is 0 Å². The molecular formula is C12H15FN2O3. The number of carbonyl (C=O) groups is 2. The minimum atomic E-state index is -0.827. The van der Waals surface area contributed by atoms with Gasteiger partial charge in [0.1, 0.15) is 5.82 Å². The van der Waals surface area contributed by atoms with Crippen LogP contribution in [0.3, 0.4) is 0 Å². The molecule has 2 amide bonds. The van der Waals surface area contributed by atoms with E-state index in [4.69, 9.17) is 5.11 Å². The molecule has 3 N–H and O–H groups in total. The second-order valence-electron chi connectivity index (χ2n) is 3.85. The molecule has 0 heterocycles. The number of benzene rings is 1. The summed E-state index contributed by atoms with van der Waals surface area (Å²) in [5.74, 6) is -2.04. The van der Waals surface area contributed by atoms with Crippen molar-refractivity contribution in [2.75, 3.05) is 11.9 Å². The Balaban J connectivity index is 2.49.